The minimum absolute atomic E-state index is 0. The standard InChI is InChI=1S/17C2H6.15CH4/c17*1-2;;;;;;;;;;;;;;;/h17*1-2H3;15*1H4. The summed E-state index contributed by atoms with van der Waals surface area (Å²) in [5.74, 6) is 0. The molecule has 0 spiro atoms. The van der Waals surface area contributed by atoms with Crippen LogP contribution < -0.4 is 0 Å². The fourth-order valence-corrected chi connectivity index (χ4v) is 0. The molecule has 0 fully saturated rings. The van der Waals surface area contributed by atoms with Crippen LogP contribution in [0.3, 0.4) is 0 Å². The Kier molecular flexibility index (Phi) is 0. The van der Waals surface area contributed by atoms with Gasteiger partial charge in [-0.3, -0.25) is 0 Å². The van der Waals surface area contributed by atoms with Gasteiger partial charge in [-0.15, -0.1) is 0 Å². The minimum atomic E-state index is 0. The molecule has 0 bridgehead atoms. The highest BCUT2D eigenvalue weighted by molar-refractivity contribution is 3.54. The fourth-order valence-electron chi connectivity index (χ4n) is 0. The SMILES string of the molecule is C.C.C.C.C.C.C.C.C.C.C.C.C.C.C.CC.CC.CC.CC.CC.CC.CC.CC.CC.CC.CC.CC.CC.CC.CC.CC.CC. The normalized spacial score (nSPS) is 2.08. The molecule has 0 rings (SSSR count). The first-order valence-corrected chi connectivity index (χ1v) is 17.0. The van der Waals surface area contributed by atoms with Crippen molar-refractivity contribution in [2.75, 3.05) is 0 Å². The smallest absolute Gasteiger partial charge is 0.0683 e. The summed E-state index contributed by atoms with van der Waals surface area (Å²) in [6.07, 6.45) is 0. The highest BCUT2D eigenvalue weighted by atomic mass is 13.0. The molecule has 0 amide bonds. The Hall–Kier alpha value is 0. The van der Waals surface area contributed by atoms with Gasteiger partial charge in [0.25, 0.3) is 0 Å². The molecule has 49 heavy (non-hydrogen) atoms. The molecule has 0 aromatic heterocycles. The third-order valence-corrected chi connectivity index (χ3v) is 0. The van der Waals surface area contributed by atoms with Crippen molar-refractivity contribution in [1.82, 2.24) is 0 Å². The second-order valence-corrected chi connectivity index (χ2v) is 0. The maximum Gasteiger partial charge on any atom is -0.0683 e. The van der Waals surface area contributed by atoms with Gasteiger partial charge in [0.2, 0.25) is 0 Å². The minimum Gasteiger partial charge on any atom is -0.0776 e. The van der Waals surface area contributed by atoms with E-state index in [-0.39, 0.29) is 111 Å². The highest BCUT2D eigenvalue weighted by Crippen LogP contribution is 1.18. The van der Waals surface area contributed by atoms with Gasteiger partial charge in [-0.1, -0.05) is 347 Å². The number of rotatable bonds is 0. The Labute approximate surface area is 345 Å². The predicted molar refractivity (Wildman–Crippen MR) is 294 cm³/mol. The first-order valence-electron chi connectivity index (χ1n) is 17.0. The first kappa shape index (κ1) is 391. The van der Waals surface area contributed by atoms with Crippen LogP contribution in [0.1, 0.15) is 347 Å². The summed E-state index contributed by atoms with van der Waals surface area (Å²) in [5, 5.41) is 0. The zero-order valence-corrected chi connectivity index (χ0v) is 34.0. The molecular weight excluding hydrogens is 589 g/mol. The van der Waals surface area contributed by atoms with E-state index >= 15 is 0 Å². The molecule has 0 saturated carbocycles. The van der Waals surface area contributed by atoms with E-state index in [0.29, 0.717) is 0 Å². The monoisotopic (exact) mass is 751 g/mol. The van der Waals surface area contributed by atoms with Gasteiger partial charge in [-0.25, -0.2) is 0 Å². The molecule has 0 aromatic rings. The molecule has 358 valence electrons. The fraction of sp³-hybridized carbons (Fsp3) is 1.00. The molecule has 0 heterocycles. The molecule has 0 heteroatoms. The summed E-state index contributed by atoms with van der Waals surface area (Å²) in [5.41, 5.74) is 0. The Balaban J connectivity index is -0.00000000205. The second kappa shape index (κ2) is 0. The van der Waals surface area contributed by atoms with Gasteiger partial charge in [-0.2, -0.15) is 0 Å². The number of hydrogen-bond acceptors (Lipinski definition) is 0. The van der Waals surface area contributed by atoms with Gasteiger partial charge in [-0.05, 0) is 0 Å². The lowest BCUT2D eigenvalue weighted by Gasteiger charge is -1.07. The third kappa shape index (κ3) is 0. The molecule has 0 unspecified atom stereocenters. The summed E-state index contributed by atoms with van der Waals surface area (Å²) in [4.78, 5) is 0. The van der Waals surface area contributed by atoms with E-state index in [9.17, 15) is 0 Å². The van der Waals surface area contributed by atoms with Gasteiger partial charge >= 0.3 is 0 Å². The van der Waals surface area contributed by atoms with E-state index in [1.54, 1.807) is 0 Å². The molecule has 0 radical (unpaired) electrons. The lowest BCUT2D eigenvalue weighted by molar-refractivity contribution is 1.50. The van der Waals surface area contributed by atoms with Crippen LogP contribution in [0.25, 0.3) is 0 Å². The topological polar surface area (TPSA) is 0 Å². The van der Waals surface area contributed by atoms with Gasteiger partial charge in [0.05, 0.1) is 0 Å². The van der Waals surface area contributed by atoms with Crippen molar-refractivity contribution in [2.45, 2.75) is 347 Å². The molecule has 0 aromatic carbocycles. The van der Waals surface area contributed by atoms with Gasteiger partial charge in [0.15, 0.2) is 0 Å². The van der Waals surface area contributed by atoms with Gasteiger partial charge in [0.1, 0.15) is 0 Å². The molecule has 0 aliphatic heterocycles. The van der Waals surface area contributed by atoms with E-state index in [1.165, 1.54) is 0 Å². The van der Waals surface area contributed by atoms with Crippen molar-refractivity contribution in [2.24, 2.45) is 0 Å². The molecule has 0 N–H and O–H groups in total. The van der Waals surface area contributed by atoms with E-state index in [4.69, 9.17) is 0 Å². The van der Waals surface area contributed by atoms with Gasteiger partial charge < -0.3 is 0 Å². The molecule has 0 atom stereocenters. The lowest BCUT2D eigenvalue weighted by atomic mass is 11.0. The van der Waals surface area contributed by atoms with Crippen LogP contribution in [0.15, 0.2) is 0 Å². The molecule has 0 aliphatic carbocycles. The van der Waals surface area contributed by atoms with Crippen LogP contribution in [0.2, 0.25) is 0 Å². The average molecular weight is 752 g/mol. The van der Waals surface area contributed by atoms with Crippen LogP contribution in [0.4, 0.5) is 0 Å². The van der Waals surface area contributed by atoms with Crippen LogP contribution in [0, 0.1) is 0 Å². The van der Waals surface area contributed by atoms with Gasteiger partial charge in [0, 0.05) is 0 Å². The van der Waals surface area contributed by atoms with E-state index < -0.39 is 0 Å². The van der Waals surface area contributed by atoms with Crippen molar-refractivity contribution < 1.29 is 0 Å². The van der Waals surface area contributed by atoms with Crippen LogP contribution in [-0.2, 0) is 0 Å². The molecular formula is C49H162. The van der Waals surface area contributed by atoms with Crippen LogP contribution in [-0.4, -0.2) is 0 Å². The third-order valence-electron chi connectivity index (χ3n) is 0. The summed E-state index contributed by atoms with van der Waals surface area (Å²) in [7, 11) is 0. The lowest BCUT2D eigenvalue weighted by Crippen LogP contribution is -0.856. The summed E-state index contributed by atoms with van der Waals surface area (Å²) < 4.78 is 0. The molecule has 0 aliphatic rings. The van der Waals surface area contributed by atoms with Crippen LogP contribution in [0.5, 0.6) is 0 Å². The quantitative estimate of drug-likeness (QED) is 0.231. The molecule has 0 nitrogen and oxygen atoms in total. The van der Waals surface area contributed by atoms with E-state index in [1.807, 2.05) is 235 Å². The van der Waals surface area contributed by atoms with Crippen molar-refractivity contribution in [3.63, 3.8) is 0 Å². The van der Waals surface area contributed by atoms with E-state index in [0.717, 1.165) is 0 Å². The van der Waals surface area contributed by atoms with Crippen molar-refractivity contribution >= 4 is 0 Å². The Bertz CT molecular complexity index is 0. The Morgan fingerprint density at radius 1 is 0.0612 bits per heavy atom. The average Bonchev–Trinajstić information content (AvgIpc) is 3.09. The van der Waals surface area contributed by atoms with Crippen molar-refractivity contribution in [3.8, 4) is 0 Å². The zero-order valence-electron chi connectivity index (χ0n) is 34.0. The largest absolute Gasteiger partial charge is 0.0776 e. The predicted octanol–water partition coefficient (Wildman–Crippen LogP) is 27.0. The maximum absolute atomic E-state index is 2.00. The first-order chi connectivity index (χ1) is 17.0. The number of hydrogen-bond donors (Lipinski definition) is 0. The Morgan fingerprint density at radius 3 is 0.0612 bits per heavy atom. The summed E-state index contributed by atoms with van der Waals surface area (Å²) in [6, 6.07) is 0. The zero-order chi connectivity index (χ0) is 34.0. The van der Waals surface area contributed by atoms with Crippen molar-refractivity contribution in [3.05, 3.63) is 0 Å². The Morgan fingerprint density at radius 2 is 0.0612 bits per heavy atom. The van der Waals surface area contributed by atoms with Crippen LogP contribution >= 0.6 is 0 Å². The molecule has 0 saturated heterocycles. The van der Waals surface area contributed by atoms with E-state index in [2.05, 4.69) is 0 Å². The second-order valence-electron chi connectivity index (χ2n) is 0. The summed E-state index contributed by atoms with van der Waals surface area (Å²) in [6.45, 7) is 68.0. The summed E-state index contributed by atoms with van der Waals surface area (Å²) >= 11 is 0. The maximum atomic E-state index is 2.00. The highest BCUT2D eigenvalue weighted by Gasteiger charge is 0.964. The van der Waals surface area contributed by atoms with Crippen molar-refractivity contribution in [1.29, 1.82) is 0 Å².